The summed E-state index contributed by atoms with van der Waals surface area (Å²) in [5.74, 6) is 0.454. The van der Waals surface area contributed by atoms with Gasteiger partial charge in [0.05, 0.1) is 4.90 Å². The molecule has 0 spiro atoms. The molecule has 1 aromatic rings. The second-order valence-corrected chi connectivity index (χ2v) is 5.80. The third-order valence-corrected chi connectivity index (χ3v) is 4.08. The van der Waals surface area contributed by atoms with Crippen molar-refractivity contribution in [3.05, 3.63) is 29.8 Å². The van der Waals surface area contributed by atoms with Gasteiger partial charge in [-0.15, -0.1) is 0 Å². The molecule has 0 saturated heterocycles. The van der Waals surface area contributed by atoms with Crippen LogP contribution in [0.3, 0.4) is 0 Å². The van der Waals surface area contributed by atoms with Crippen molar-refractivity contribution < 1.29 is 13.0 Å². The van der Waals surface area contributed by atoms with Crippen molar-refractivity contribution in [2.24, 2.45) is 0 Å². The van der Waals surface area contributed by atoms with Crippen molar-refractivity contribution in [3.8, 4) is 0 Å². The van der Waals surface area contributed by atoms with Crippen LogP contribution in [0.4, 0.5) is 0 Å². The van der Waals surface area contributed by atoms with Crippen LogP contribution in [-0.4, -0.2) is 13.0 Å². The van der Waals surface area contributed by atoms with Gasteiger partial charge < -0.3 is 0 Å². The van der Waals surface area contributed by atoms with Crippen molar-refractivity contribution in [3.63, 3.8) is 0 Å². The van der Waals surface area contributed by atoms with Crippen LogP contribution in [0.5, 0.6) is 0 Å². The zero-order valence-corrected chi connectivity index (χ0v) is 9.91. The van der Waals surface area contributed by atoms with Crippen molar-refractivity contribution in [2.45, 2.75) is 42.9 Å². The molecule has 0 aromatic heterocycles. The summed E-state index contributed by atoms with van der Waals surface area (Å²) >= 11 is 0. The smallest absolute Gasteiger partial charge is 0.282 e. The zero-order chi connectivity index (χ0) is 11.6. The van der Waals surface area contributed by atoms with Crippen LogP contribution in [0.25, 0.3) is 0 Å². The summed E-state index contributed by atoms with van der Waals surface area (Å²) in [6.45, 7) is 0. The van der Waals surface area contributed by atoms with Crippen molar-refractivity contribution in [1.82, 2.24) is 0 Å². The van der Waals surface area contributed by atoms with Crippen LogP contribution in [0.2, 0.25) is 0 Å². The SMILES string of the molecule is O=S(=O)(O)c1cccc(C2CCCCC2)c1. The molecule has 4 heteroatoms. The molecule has 0 aliphatic heterocycles. The van der Waals surface area contributed by atoms with Gasteiger partial charge in [-0.25, -0.2) is 0 Å². The highest BCUT2D eigenvalue weighted by Crippen LogP contribution is 2.33. The van der Waals surface area contributed by atoms with E-state index in [1.54, 1.807) is 12.1 Å². The van der Waals surface area contributed by atoms with E-state index in [2.05, 4.69) is 0 Å². The molecule has 1 aromatic carbocycles. The Morgan fingerprint density at radius 2 is 1.81 bits per heavy atom. The summed E-state index contributed by atoms with van der Waals surface area (Å²) in [6, 6.07) is 6.69. The quantitative estimate of drug-likeness (QED) is 0.808. The van der Waals surface area contributed by atoms with Crippen LogP contribution < -0.4 is 0 Å². The first kappa shape index (κ1) is 11.6. The minimum Gasteiger partial charge on any atom is -0.282 e. The lowest BCUT2D eigenvalue weighted by atomic mass is 9.84. The van der Waals surface area contributed by atoms with Crippen LogP contribution in [0, 0.1) is 0 Å². The maximum atomic E-state index is 11.0. The highest BCUT2D eigenvalue weighted by molar-refractivity contribution is 7.85. The topological polar surface area (TPSA) is 54.4 Å². The molecule has 1 aliphatic rings. The summed E-state index contributed by atoms with van der Waals surface area (Å²) in [7, 11) is -4.06. The fourth-order valence-electron chi connectivity index (χ4n) is 2.36. The Balaban J connectivity index is 2.28. The molecule has 2 rings (SSSR count). The van der Waals surface area contributed by atoms with E-state index in [0.29, 0.717) is 5.92 Å². The van der Waals surface area contributed by atoms with Crippen LogP contribution >= 0.6 is 0 Å². The van der Waals surface area contributed by atoms with Crippen LogP contribution in [0.1, 0.15) is 43.6 Å². The standard InChI is InChI=1S/C12H16O3S/c13-16(14,15)12-8-4-7-11(9-12)10-5-2-1-3-6-10/h4,7-10H,1-3,5-6H2,(H,13,14,15). The van der Waals surface area contributed by atoms with Gasteiger partial charge in [-0.1, -0.05) is 31.4 Å². The predicted octanol–water partition coefficient (Wildman–Crippen LogP) is 2.98. The van der Waals surface area contributed by atoms with Crippen LogP contribution in [0.15, 0.2) is 29.2 Å². The van der Waals surface area contributed by atoms with E-state index in [1.165, 1.54) is 25.3 Å². The number of hydrogen-bond acceptors (Lipinski definition) is 2. The van der Waals surface area contributed by atoms with Gasteiger partial charge in [0.2, 0.25) is 0 Å². The van der Waals surface area contributed by atoms with Crippen LogP contribution in [-0.2, 0) is 10.1 Å². The Bertz CT molecular complexity index is 459. The summed E-state index contributed by atoms with van der Waals surface area (Å²) in [4.78, 5) is 0.00979. The molecule has 0 radical (unpaired) electrons. The first-order valence-electron chi connectivity index (χ1n) is 5.65. The van der Waals surface area contributed by atoms with Gasteiger partial charge in [-0.3, -0.25) is 4.55 Å². The van der Waals surface area contributed by atoms with E-state index in [4.69, 9.17) is 4.55 Å². The maximum Gasteiger partial charge on any atom is 0.294 e. The zero-order valence-electron chi connectivity index (χ0n) is 9.09. The normalized spacial score (nSPS) is 18.6. The minimum absolute atomic E-state index is 0.00979. The third-order valence-electron chi connectivity index (χ3n) is 3.23. The van der Waals surface area contributed by atoms with Crippen molar-refractivity contribution in [2.75, 3.05) is 0 Å². The molecule has 1 aliphatic carbocycles. The van der Waals surface area contributed by atoms with E-state index in [0.717, 1.165) is 18.4 Å². The Labute approximate surface area is 96.2 Å². The Kier molecular flexibility index (Phi) is 3.30. The lowest BCUT2D eigenvalue weighted by Gasteiger charge is -2.22. The largest absolute Gasteiger partial charge is 0.294 e. The highest BCUT2D eigenvalue weighted by atomic mass is 32.2. The first-order chi connectivity index (χ1) is 7.57. The molecule has 88 valence electrons. The lowest BCUT2D eigenvalue weighted by molar-refractivity contribution is 0.442. The number of rotatable bonds is 2. The van der Waals surface area contributed by atoms with E-state index in [9.17, 15) is 8.42 Å². The first-order valence-corrected chi connectivity index (χ1v) is 7.09. The summed E-state index contributed by atoms with van der Waals surface area (Å²) < 4.78 is 31.0. The summed E-state index contributed by atoms with van der Waals surface area (Å²) in [5.41, 5.74) is 1.04. The lowest BCUT2D eigenvalue weighted by Crippen LogP contribution is -2.06. The van der Waals surface area contributed by atoms with E-state index >= 15 is 0 Å². The molecule has 0 amide bonds. The van der Waals surface area contributed by atoms with E-state index < -0.39 is 10.1 Å². The highest BCUT2D eigenvalue weighted by Gasteiger charge is 2.17. The fraction of sp³-hybridized carbons (Fsp3) is 0.500. The maximum absolute atomic E-state index is 11.0. The molecule has 1 fully saturated rings. The van der Waals surface area contributed by atoms with Gasteiger partial charge in [-0.2, -0.15) is 8.42 Å². The minimum atomic E-state index is -4.06. The van der Waals surface area contributed by atoms with E-state index in [1.807, 2.05) is 6.07 Å². The monoisotopic (exact) mass is 240 g/mol. The molecule has 0 unspecified atom stereocenters. The molecule has 16 heavy (non-hydrogen) atoms. The Hall–Kier alpha value is -0.870. The Morgan fingerprint density at radius 3 is 2.44 bits per heavy atom. The van der Waals surface area contributed by atoms with Gasteiger partial charge >= 0.3 is 0 Å². The third kappa shape index (κ3) is 2.62. The predicted molar refractivity (Wildman–Crippen MR) is 62.1 cm³/mol. The molecule has 0 heterocycles. The van der Waals surface area contributed by atoms with Gasteiger partial charge in [0.15, 0.2) is 0 Å². The molecule has 3 nitrogen and oxygen atoms in total. The molecule has 0 atom stereocenters. The average molecular weight is 240 g/mol. The number of benzene rings is 1. The Morgan fingerprint density at radius 1 is 1.12 bits per heavy atom. The van der Waals surface area contributed by atoms with Gasteiger partial charge in [0.1, 0.15) is 0 Å². The van der Waals surface area contributed by atoms with Gasteiger partial charge in [-0.05, 0) is 36.5 Å². The van der Waals surface area contributed by atoms with Gasteiger partial charge in [0.25, 0.3) is 10.1 Å². The summed E-state index contributed by atoms with van der Waals surface area (Å²) in [6.07, 6.45) is 5.93. The fourth-order valence-corrected chi connectivity index (χ4v) is 2.90. The molecule has 1 saturated carbocycles. The summed E-state index contributed by atoms with van der Waals surface area (Å²) in [5, 5.41) is 0. The second-order valence-electron chi connectivity index (χ2n) is 4.38. The molecule has 0 bridgehead atoms. The molecular formula is C12H16O3S. The van der Waals surface area contributed by atoms with E-state index in [-0.39, 0.29) is 4.90 Å². The average Bonchev–Trinajstić information content (AvgIpc) is 2.29. The van der Waals surface area contributed by atoms with Crippen molar-refractivity contribution >= 4 is 10.1 Å². The van der Waals surface area contributed by atoms with Gasteiger partial charge in [0, 0.05) is 0 Å². The molecule has 1 N–H and O–H groups in total. The second kappa shape index (κ2) is 4.55. The number of hydrogen-bond donors (Lipinski definition) is 1. The molecular weight excluding hydrogens is 224 g/mol. The van der Waals surface area contributed by atoms with Crippen molar-refractivity contribution in [1.29, 1.82) is 0 Å².